The zero-order chi connectivity index (χ0) is 17.8. The first-order valence-corrected chi connectivity index (χ1v) is 9.46. The maximum atomic E-state index is 14.1. The summed E-state index contributed by atoms with van der Waals surface area (Å²) in [6.07, 6.45) is 1.86. The molecule has 1 aliphatic heterocycles. The number of benzene rings is 1. The predicted molar refractivity (Wildman–Crippen MR) is 101 cm³/mol. The van der Waals surface area contributed by atoms with Crippen LogP contribution < -0.4 is 10.2 Å². The van der Waals surface area contributed by atoms with Crippen molar-refractivity contribution in [2.45, 2.75) is 32.4 Å². The highest BCUT2D eigenvalue weighted by Crippen LogP contribution is 2.24. The summed E-state index contributed by atoms with van der Waals surface area (Å²) in [6, 6.07) is 9.14. The van der Waals surface area contributed by atoms with E-state index >= 15 is 0 Å². The minimum Gasteiger partial charge on any atom is -0.367 e. The van der Waals surface area contributed by atoms with Crippen LogP contribution in [0.1, 0.15) is 23.3 Å². The number of carbonyl (C=O) groups excluding carboxylic acids is 1. The molecule has 1 N–H and O–H groups in total. The van der Waals surface area contributed by atoms with Gasteiger partial charge in [-0.2, -0.15) is 0 Å². The standard InChI is InChI=1S/C19H24FN3OS/c1-14-7-8-17(20)18(11-14)23-9-3-5-15(12-23)21-19(24)22(2)13-16-6-4-10-25-16/h4,6-8,10-11,15H,3,5,9,12-13H2,1-2H3,(H,21,24). The van der Waals surface area contributed by atoms with Crippen molar-refractivity contribution >= 4 is 23.1 Å². The fourth-order valence-corrected chi connectivity index (χ4v) is 3.93. The summed E-state index contributed by atoms with van der Waals surface area (Å²) in [6.45, 7) is 4.02. The molecule has 0 aliphatic carbocycles. The molecule has 1 aromatic carbocycles. The van der Waals surface area contributed by atoms with Crippen LogP contribution in [0.2, 0.25) is 0 Å². The van der Waals surface area contributed by atoms with Crippen LogP contribution in [0, 0.1) is 12.7 Å². The lowest BCUT2D eigenvalue weighted by Crippen LogP contribution is -2.51. The number of aryl methyl sites for hydroxylation is 1. The molecule has 3 rings (SSSR count). The molecule has 6 heteroatoms. The van der Waals surface area contributed by atoms with E-state index in [0.29, 0.717) is 18.8 Å². The Morgan fingerprint density at radius 1 is 1.44 bits per heavy atom. The van der Waals surface area contributed by atoms with Crippen LogP contribution in [0.4, 0.5) is 14.9 Å². The van der Waals surface area contributed by atoms with Gasteiger partial charge < -0.3 is 15.1 Å². The van der Waals surface area contributed by atoms with E-state index in [1.165, 1.54) is 6.07 Å². The minimum atomic E-state index is -0.201. The second kappa shape index (κ2) is 7.87. The van der Waals surface area contributed by atoms with Crippen molar-refractivity contribution in [2.75, 3.05) is 25.0 Å². The maximum Gasteiger partial charge on any atom is 0.317 e. The van der Waals surface area contributed by atoms with Gasteiger partial charge in [0.05, 0.1) is 12.2 Å². The van der Waals surface area contributed by atoms with Crippen molar-refractivity contribution in [2.24, 2.45) is 0 Å². The Balaban J connectivity index is 1.59. The third-order valence-corrected chi connectivity index (χ3v) is 5.37. The minimum absolute atomic E-state index is 0.0342. The van der Waals surface area contributed by atoms with E-state index in [1.807, 2.05) is 35.4 Å². The maximum absolute atomic E-state index is 14.1. The molecule has 1 atom stereocenters. The van der Waals surface area contributed by atoms with Gasteiger partial charge in [-0.1, -0.05) is 12.1 Å². The molecule has 0 radical (unpaired) electrons. The molecule has 0 spiro atoms. The Kier molecular flexibility index (Phi) is 5.58. The number of carbonyl (C=O) groups is 1. The lowest BCUT2D eigenvalue weighted by molar-refractivity contribution is 0.201. The summed E-state index contributed by atoms with van der Waals surface area (Å²) in [7, 11) is 1.80. The van der Waals surface area contributed by atoms with Crippen molar-refractivity contribution in [1.82, 2.24) is 10.2 Å². The molecule has 2 amide bonds. The van der Waals surface area contributed by atoms with Crippen LogP contribution in [-0.2, 0) is 6.54 Å². The van der Waals surface area contributed by atoms with Crippen molar-refractivity contribution < 1.29 is 9.18 Å². The number of nitrogens with zero attached hydrogens (tertiary/aromatic N) is 2. The summed E-state index contributed by atoms with van der Waals surface area (Å²) in [5, 5.41) is 5.10. The van der Waals surface area contributed by atoms with Gasteiger partial charge in [-0.3, -0.25) is 0 Å². The zero-order valence-corrected chi connectivity index (χ0v) is 15.5. The normalized spacial score (nSPS) is 17.4. The summed E-state index contributed by atoms with van der Waals surface area (Å²) in [4.78, 5) is 17.3. The Morgan fingerprint density at radius 3 is 3.04 bits per heavy atom. The van der Waals surface area contributed by atoms with Gasteiger partial charge in [-0.05, 0) is 48.9 Å². The van der Waals surface area contributed by atoms with Gasteiger partial charge in [0.25, 0.3) is 0 Å². The number of amides is 2. The molecule has 2 aromatic rings. The molecule has 1 saturated heterocycles. The van der Waals surface area contributed by atoms with Crippen molar-refractivity contribution in [3.63, 3.8) is 0 Å². The molecule has 134 valence electrons. The summed E-state index contributed by atoms with van der Waals surface area (Å²) in [5.41, 5.74) is 1.67. The fourth-order valence-electron chi connectivity index (χ4n) is 3.17. The van der Waals surface area contributed by atoms with Gasteiger partial charge in [0, 0.05) is 31.1 Å². The number of hydrogen-bond donors (Lipinski definition) is 1. The van der Waals surface area contributed by atoms with Crippen LogP contribution in [-0.4, -0.2) is 37.1 Å². The number of urea groups is 1. The molecule has 1 unspecified atom stereocenters. The first-order valence-electron chi connectivity index (χ1n) is 8.58. The lowest BCUT2D eigenvalue weighted by atomic mass is 10.0. The predicted octanol–water partition coefficient (Wildman–Crippen LogP) is 4.01. The molecular formula is C19H24FN3OS. The highest BCUT2D eigenvalue weighted by Gasteiger charge is 2.24. The van der Waals surface area contributed by atoms with Gasteiger partial charge in [0.1, 0.15) is 5.82 Å². The number of anilines is 1. The fraction of sp³-hybridized carbons (Fsp3) is 0.421. The Bertz CT molecular complexity index is 719. The van der Waals surface area contributed by atoms with Crippen LogP contribution >= 0.6 is 11.3 Å². The smallest absolute Gasteiger partial charge is 0.317 e. The van der Waals surface area contributed by atoms with Gasteiger partial charge in [-0.25, -0.2) is 9.18 Å². The van der Waals surface area contributed by atoms with Crippen LogP contribution in [0.3, 0.4) is 0 Å². The zero-order valence-electron chi connectivity index (χ0n) is 14.7. The monoisotopic (exact) mass is 361 g/mol. The molecule has 0 bridgehead atoms. The van der Waals surface area contributed by atoms with Gasteiger partial charge >= 0.3 is 6.03 Å². The summed E-state index contributed by atoms with van der Waals surface area (Å²) < 4.78 is 14.1. The lowest BCUT2D eigenvalue weighted by Gasteiger charge is -2.35. The van der Waals surface area contributed by atoms with Crippen molar-refractivity contribution in [3.05, 3.63) is 52.0 Å². The van der Waals surface area contributed by atoms with Crippen LogP contribution in [0.5, 0.6) is 0 Å². The molecule has 4 nitrogen and oxygen atoms in total. The number of piperidine rings is 1. The van der Waals surface area contributed by atoms with E-state index in [9.17, 15) is 9.18 Å². The average molecular weight is 361 g/mol. The van der Waals surface area contributed by atoms with Crippen molar-refractivity contribution in [3.8, 4) is 0 Å². The van der Waals surface area contributed by atoms with E-state index < -0.39 is 0 Å². The summed E-state index contributed by atoms with van der Waals surface area (Å²) >= 11 is 1.64. The van der Waals surface area contributed by atoms with Gasteiger partial charge in [-0.15, -0.1) is 11.3 Å². The second-order valence-electron chi connectivity index (χ2n) is 6.62. The molecule has 25 heavy (non-hydrogen) atoms. The van der Waals surface area contributed by atoms with E-state index in [2.05, 4.69) is 5.32 Å². The Hall–Kier alpha value is -2.08. The number of hydrogen-bond acceptors (Lipinski definition) is 3. The first kappa shape index (κ1) is 17.7. The third-order valence-electron chi connectivity index (χ3n) is 4.51. The third kappa shape index (κ3) is 4.51. The number of thiophene rings is 1. The van der Waals surface area contributed by atoms with Crippen molar-refractivity contribution in [1.29, 1.82) is 0 Å². The van der Waals surface area contributed by atoms with Crippen LogP contribution in [0.25, 0.3) is 0 Å². The molecule has 2 heterocycles. The number of nitrogens with one attached hydrogen (secondary N) is 1. The van der Waals surface area contributed by atoms with E-state index in [-0.39, 0.29) is 17.9 Å². The van der Waals surface area contributed by atoms with E-state index in [0.717, 1.165) is 29.8 Å². The SMILES string of the molecule is Cc1ccc(F)c(N2CCCC(NC(=O)N(C)Cc3cccs3)C2)c1. The first-order chi connectivity index (χ1) is 12.0. The molecular weight excluding hydrogens is 337 g/mol. The highest BCUT2D eigenvalue weighted by molar-refractivity contribution is 7.09. The van der Waals surface area contributed by atoms with Crippen LogP contribution in [0.15, 0.2) is 35.7 Å². The molecule has 1 aromatic heterocycles. The highest BCUT2D eigenvalue weighted by atomic mass is 32.1. The number of halogens is 1. The Morgan fingerprint density at radius 2 is 2.28 bits per heavy atom. The quantitative estimate of drug-likeness (QED) is 0.893. The Labute approximate surface area is 152 Å². The van der Waals surface area contributed by atoms with E-state index in [4.69, 9.17) is 0 Å². The molecule has 0 saturated carbocycles. The second-order valence-corrected chi connectivity index (χ2v) is 7.66. The van der Waals surface area contributed by atoms with Gasteiger partial charge in [0.2, 0.25) is 0 Å². The molecule has 1 fully saturated rings. The molecule has 1 aliphatic rings. The largest absolute Gasteiger partial charge is 0.367 e. The van der Waals surface area contributed by atoms with E-state index in [1.54, 1.807) is 29.4 Å². The topological polar surface area (TPSA) is 35.6 Å². The summed E-state index contributed by atoms with van der Waals surface area (Å²) in [5.74, 6) is -0.201. The van der Waals surface area contributed by atoms with Gasteiger partial charge in [0.15, 0.2) is 0 Å². The number of rotatable bonds is 4. The average Bonchev–Trinajstić information content (AvgIpc) is 3.10.